The SMILES string of the molecule is NCC1CN(c2ccc(N3CCOCCC3=O)cc2)C(=O)O1. The maximum absolute atomic E-state index is 12.0. The van der Waals surface area contributed by atoms with Crippen molar-refractivity contribution >= 4 is 23.4 Å². The van der Waals surface area contributed by atoms with E-state index in [9.17, 15) is 9.59 Å². The van der Waals surface area contributed by atoms with Gasteiger partial charge >= 0.3 is 6.09 Å². The molecule has 118 valence electrons. The van der Waals surface area contributed by atoms with E-state index in [0.717, 1.165) is 11.4 Å². The average Bonchev–Trinajstić information content (AvgIpc) is 2.78. The number of ether oxygens (including phenoxy) is 2. The van der Waals surface area contributed by atoms with Crippen LogP contribution in [0.1, 0.15) is 6.42 Å². The van der Waals surface area contributed by atoms with Crippen LogP contribution in [0.5, 0.6) is 0 Å². The summed E-state index contributed by atoms with van der Waals surface area (Å²) in [7, 11) is 0. The van der Waals surface area contributed by atoms with Gasteiger partial charge in [0.1, 0.15) is 6.10 Å². The van der Waals surface area contributed by atoms with Gasteiger partial charge in [-0.1, -0.05) is 0 Å². The monoisotopic (exact) mass is 305 g/mol. The number of carbonyl (C=O) groups excluding carboxylic acids is 2. The summed E-state index contributed by atoms with van der Waals surface area (Å²) in [6.07, 6.45) is -0.266. The number of nitrogens with zero attached hydrogens (tertiary/aromatic N) is 2. The number of hydrogen-bond donors (Lipinski definition) is 1. The smallest absolute Gasteiger partial charge is 0.414 e. The van der Waals surface area contributed by atoms with E-state index in [1.165, 1.54) is 0 Å². The maximum Gasteiger partial charge on any atom is 0.414 e. The third-order valence-corrected chi connectivity index (χ3v) is 3.83. The standard InChI is InChI=1S/C15H19N3O4/c16-9-13-10-18(15(20)22-13)12-3-1-11(2-4-12)17-6-8-21-7-5-14(17)19/h1-4,13H,5-10,16H2. The van der Waals surface area contributed by atoms with E-state index in [1.807, 2.05) is 24.3 Å². The summed E-state index contributed by atoms with van der Waals surface area (Å²) in [4.78, 5) is 27.1. The summed E-state index contributed by atoms with van der Waals surface area (Å²) in [6, 6.07) is 7.30. The Kier molecular flexibility index (Phi) is 4.26. The van der Waals surface area contributed by atoms with Crippen LogP contribution in [0.25, 0.3) is 0 Å². The van der Waals surface area contributed by atoms with Gasteiger partial charge in [0.05, 0.1) is 26.2 Å². The third kappa shape index (κ3) is 2.90. The van der Waals surface area contributed by atoms with Crippen LogP contribution in [0, 0.1) is 0 Å². The zero-order valence-electron chi connectivity index (χ0n) is 12.2. The number of carbonyl (C=O) groups is 2. The van der Waals surface area contributed by atoms with Gasteiger partial charge in [-0.3, -0.25) is 9.69 Å². The second-order valence-electron chi connectivity index (χ2n) is 5.28. The van der Waals surface area contributed by atoms with Crippen molar-refractivity contribution in [2.24, 2.45) is 5.73 Å². The van der Waals surface area contributed by atoms with Gasteiger partial charge in [-0.05, 0) is 24.3 Å². The highest BCUT2D eigenvalue weighted by Gasteiger charge is 2.31. The number of anilines is 2. The molecule has 2 heterocycles. The quantitative estimate of drug-likeness (QED) is 0.889. The predicted molar refractivity (Wildman–Crippen MR) is 80.9 cm³/mol. The Labute approximate surface area is 128 Å². The molecule has 2 fully saturated rings. The molecule has 7 heteroatoms. The highest BCUT2D eigenvalue weighted by atomic mass is 16.6. The molecule has 2 aliphatic rings. The molecule has 0 aliphatic carbocycles. The van der Waals surface area contributed by atoms with E-state index in [-0.39, 0.29) is 18.1 Å². The van der Waals surface area contributed by atoms with E-state index in [0.29, 0.717) is 39.3 Å². The minimum absolute atomic E-state index is 0.0500. The molecule has 1 atom stereocenters. The lowest BCUT2D eigenvalue weighted by Crippen LogP contribution is -2.31. The first-order valence-corrected chi connectivity index (χ1v) is 7.35. The van der Waals surface area contributed by atoms with Gasteiger partial charge in [0.15, 0.2) is 0 Å². The Morgan fingerprint density at radius 3 is 2.41 bits per heavy atom. The van der Waals surface area contributed by atoms with Crippen molar-refractivity contribution in [1.82, 2.24) is 0 Å². The van der Waals surface area contributed by atoms with Crippen LogP contribution in [0.2, 0.25) is 0 Å². The highest BCUT2D eigenvalue weighted by Crippen LogP contribution is 2.25. The maximum atomic E-state index is 12.0. The molecule has 2 saturated heterocycles. The normalized spacial score (nSPS) is 22.7. The molecule has 0 bridgehead atoms. The molecular weight excluding hydrogens is 286 g/mol. The summed E-state index contributed by atoms with van der Waals surface area (Å²) in [6.45, 7) is 2.30. The Morgan fingerprint density at radius 1 is 1.09 bits per heavy atom. The minimum Gasteiger partial charge on any atom is -0.443 e. The molecule has 0 aromatic heterocycles. The first kappa shape index (κ1) is 14.8. The van der Waals surface area contributed by atoms with Gasteiger partial charge in [0.25, 0.3) is 0 Å². The van der Waals surface area contributed by atoms with Crippen molar-refractivity contribution in [3.05, 3.63) is 24.3 Å². The minimum atomic E-state index is -0.387. The second-order valence-corrected chi connectivity index (χ2v) is 5.28. The van der Waals surface area contributed by atoms with E-state index >= 15 is 0 Å². The molecule has 1 aromatic carbocycles. The largest absolute Gasteiger partial charge is 0.443 e. The van der Waals surface area contributed by atoms with Gasteiger partial charge in [0, 0.05) is 24.5 Å². The zero-order chi connectivity index (χ0) is 15.5. The lowest BCUT2D eigenvalue weighted by atomic mass is 10.2. The Bertz CT molecular complexity index is 560. The number of rotatable bonds is 3. The Morgan fingerprint density at radius 2 is 1.77 bits per heavy atom. The molecule has 1 aromatic rings. The van der Waals surface area contributed by atoms with Crippen LogP contribution < -0.4 is 15.5 Å². The molecule has 22 heavy (non-hydrogen) atoms. The van der Waals surface area contributed by atoms with Crippen molar-refractivity contribution < 1.29 is 19.1 Å². The number of cyclic esters (lactones) is 1. The summed E-state index contributed by atoms with van der Waals surface area (Å²) in [5.74, 6) is 0.0500. The topological polar surface area (TPSA) is 85.1 Å². The first-order valence-electron chi connectivity index (χ1n) is 7.35. The van der Waals surface area contributed by atoms with Crippen molar-refractivity contribution in [3.8, 4) is 0 Å². The van der Waals surface area contributed by atoms with Gasteiger partial charge in [-0.25, -0.2) is 4.79 Å². The fourth-order valence-electron chi connectivity index (χ4n) is 2.62. The molecule has 7 nitrogen and oxygen atoms in total. The number of nitrogens with two attached hydrogens (primary N) is 1. The van der Waals surface area contributed by atoms with Crippen LogP contribution in [0.15, 0.2) is 24.3 Å². The zero-order valence-corrected chi connectivity index (χ0v) is 12.2. The van der Waals surface area contributed by atoms with Gasteiger partial charge in [-0.15, -0.1) is 0 Å². The van der Waals surface area contributed by atoms with Crippen LogP contribution in [0.4, 0.5) is 16.2 Å². The average molecular weight is 305 g/mol. The van der Waals surface area contributed by atoms with Crippen LogP contribution in [-0.2, 0) is 14.3 Å². The van der Waals surface area contributed by atoms with Crippen molar-refractivity contribution in [2.45, 2.75) is 12.5 Å². The molecule has 0 spiro atoms. The summed E-state index contributed by atoms with van der Waals surface area (Å²) >= 11 is 0. The molecule has 0 saturated carbocycles. The number of hydrogen-bond acceptors (Lipinski definition) is 5. The lowest BCUT2D eigenvalue weighted by molar-refractivity contribution is -0.118. The van der Waals surface area contributed by atoms with Gasteiger partial charge < -0.3 is 20.1 Å². The fraction of sp³-hybridized carbons (Fsp3) is 0.467. The molecule has 2 N–H and O–H groups in total. The van der Waals surface area contributed by atoms with Gasteiger partial charge in [-0.2, -0.15) is 0 Å². The molecule has 3 rings (SSSR count). The number of amides is 2. The van der Waals surface area contributed by atoms with E-state index in [2.05, 4.69) is 0 Å². The molecule has 2 amide bonds. The molecule has 2 aliphatic heterocycles. The van der Waals surface area contributed by atoms with Gasteiger partial charge in [0.2, 0.25) is 5.91 Å². The molecule has 0 radical (unpaired) electrons. The summed E-state index contributed by atoms with van der Waals surface area (Å²) in [5, 5.41) is 0. The number of benzene rings is 1. The second kappa shape index (κ2) is 6.33. The molecule has 1 unspecified atom stereocenters. The van der Waals surface area contributed by atoms with Crippen molar-refractivity contribution in [1.29, 1.82) is 0 Å². The summed E-state index contributed by atoms with van der Waals surface area (Å²) in [5.41, 5.74) is 7.07. The summed E-state index contributed by atoms with van der Waals surface area (Å²) < 4.78 is 10.5. The lowest BCUT2D eigenvalue weighted by Gasteiger charge is -2.21. The van der Waals surface area contributed by atoms with Crippen molar-refractivity contribution in [3.63, 3.8) is 0 Å². The van der Waals surface area contributed by atoms with E-state index in [1.54, 1.807) is 9.80 Å². The third-order valence-electron chi connectivity index (χ3n) is 3.83. The van der Waals surface area contributed by atoms with Crippen LogP contribution >= 0.6 is 0 Å². The Balaban J connectivity index is 1.75. The molecular formula is C15H19N3O4. The predicted octanol–water partition coefficient (Wildman–Crippen LogP) is 0.724. The fourth-order valence-corrected chi connectivity index (χ4v) is 2.62. The van der Waals surface area contributed by atoms with Crippen LogP contribution in [0.3, 0.4) is 0 Å². The van der Waals surface area contributed by atoms with E-state index in [4.69, 9.17) is 15.2 Å². The van der Waals surface area contributed by atoms with Crippen molar-refractivity contribution in [2.75, 3.05) is 42.6 Å². The van der Waals surface area contributed by atoms with Crippen LogP contribution in [-0.4, -0.2) is 51.0 Å². The Hall–Kier alpha value is -2.12. The highest BCUT2D eigenvalue weighted by molar-refractivity contribution is 5.94. The first-order chi connectivity index (χ1) is 10.7. The van der Waals surface area contributed by atoms with E-state index < -0.39 is 0 Å².